The number of nitrogens with zero attached hydrogens (tertiary/aromatic N) is 2. The van der Waals surface area contributed by atoms with Gasteiger partial charge in [-0.15, -0.1) is 0 Å². The van der Waals surface area contributed by atoms with Crippen molar-refractivity contribution in [1.29, 1.82) is 0 Å². The summed E-state index contributed by atoms with van der Waals surface area (Å²) in [6.45, 7) is 6.57. The second-order valence-corrected chi connectivity index (χ2v) is 11.4. The van der Waals surface area contributed by atoms with Crippen LogP contribution in [0.2, 0.25) is 0 Å². The molecule has 0 aliphatic carbocycles. The maximum absolute atomic E-state index is 12.4. The third kappa shape index (κ3) is 21.8. The molecule has 39 heavy (non-hydrogen) atoms. The largest absolute Gasteiger partial charge is 0.380 e. The van der Waals surface area contributed by atoms with Gasteiger partial charge in [-0.2, -0.15) is 0 Å². The second kappa shape index (κ2) is 25.3. The van der Waals surface area contributed by atoms with Crippen molar-refractivity contribution in [3.63, 3.8) is 0 Å². The average Bonchev–Trinajstić information content (AvgIpc) is 2.91. The predicted octanol–water partition coefficient (Wildman–Crippen LogP) is 7.58. The van der Waals surface area contributed by atoms with Crippen molar-refractivity contribution in [2.45, 2.75) is 117 Å². The van der Waals surface area contributed by atoms with Gasteiger partial charge in [0.05, 0.1) is 18.6 Å². The van der Waals surface area contributed by atoms with Gasteiger partial charge in [-0.1, -0.05) is 116 Å². The molecule has 0 saturated carbocycles. The Bertz CT molecular complexity index is 602. The number of likely N-dealkylation sites (N-methyl/N-ethyl adjacent to an activating group) is 2. The minimum absolute atomic E-state index is 0.0992. The number of amides is 2. The Labute approximate surface area is 241 Å². The van der Waals surface area contributed by atoms with Gasteiger partial charge in [0.25, 0.3) is 0 Å². The van der Waals surface area contributed by atoms with Crippen molar-refractivity contribution in [1.82, 2.24) is 9.80 Å². The molecule has 6 heteroatoms. The number of ether oxygens (including phenoxy) is 2. The summed E-state index contributed by atoms with van der Waals surface area (Å²) in [5, 5.41) is 0. The van der Waals surface area contributed by atoms with E-state index in [2.05, 4.69) is 13.8 Å². The molecule has 2 amide bonds. The van der Waals surface area contributed by atoms with E-state index in [9.17, 15) is 9.59 Å². The van der Waals surface area contributed by atoms with E-state index in [1.165, 1.54) is 77.0 Å². The maximum atomic E-state index is 12.4. The van der Waals surface area contributed by atoms with Crippen LogP contribution >= 0.6 is 0 Å². The van der Waals surface area contributed by atoms with Gasteiger partial charge < -0.3 is 19.3 Å². The number of hydrogen-bond donors (Lipinski definition) is 0. The van der Waals surface area contributed by atoms with Crippen LogP contribution in [0.5, 0.6) is 0 Å². The number of carbonyl (C=O) groups excluding carboxylic acids is 2. The molecule has 0 aromatic heterocycles. The molecular formula is C33H62N2O4. The van der Waals surface area contributed by atoms with E-state index in [1.54, 1.807) is 50.1 Å². The van der Waals surface area contributed by atoms with Crippen LogP contribution < -0.4 is 0 Å². The Balaban J connectivity index is 5.02. The van der Waals surface area contributed by atoms with Crippen LogP contribution in [0, 0.1) is 5.41 Å². The minimum Gasteiger partial charge on any atom is -0.380 e. The van der Waals surface area contributed by atoms with E-state index in [4.69, 9.17) is 9.47 Å². The van der Waals surface area contributed by atoms with Crippen molar-refractivity contribution in [3.8, 4) is 0 Å². The van der Waals surface area contributed by atoms with Crippen molar-refractivity contribution in [2.75, 3.05) is 54.6 Å². The lowest BCUT2D eigenvalue weighted by atomic mass is 9.88. The summed E-state index contributed by atoms with van der Waals surface area (Å²) < 4.78 is 12.3. The van der Waals surface area contributed by atoms with Gasteiger partial charge in [0.1, 0.15) is 0 Å². The highest BCUT2D eigenvalue weighted by molar-refractivity contribution is 5.88. The van der Waals surface area contributed by atoms with Gasteiger partial charge in [-0.25, -0.2) is 0 Å². The molecule has 0 aromatic carbocycles. The van der Waals surface area contributed by atoms with Crippen molar-refractivity contribution in [3.05, 3.63) is 24.3 Å². The average molecular weight is 551 g/mol. The standard InChI is InChI=1S/C33H62N2O4/c1-7-9-11-13-15-17-19-21-27-38-29-33(25-23-31(36)34(3)4,26-24-32(37)35(5)6)30-39-28-22-20-18-16-14-12-10-8-2/h23-26H,7-22,27-30H2,1-6H3. The van der Waals surface area contributed by atoms with Crippen molar-refractivity contribution >= 4 is 11.8 Å². The summed E-state index contributed by atoms with van der Waals surface area (Å²) in [7, 11) is 6.93. The lowest BCUT2D eigenvalue weighted by Crippen LogP contribution is -2.31. The maximum Gasteiger partial charge on any atom is 0.245 e. The first-order valence-electron chi connectivity index (χ1n) is 15.7. The third-order valence-corrected chi connectivity index (χ3v) is 7.02. The highest BCUT2D eigenvalue weighted by Gasteiger charge is 2.26. The Hall–Kier alpha value is -1.66. The fourth-order valence-corrected chi connectivity index (χ4v) is 4.26. The summed E-state index contributed by atoms with van der Waals surface area (Å²) in [5.41, 5.74) is -0.683. The van der Waals surface area contributed by atoms with Crippen molar-refractivity contribution < 1.29 is 19.1 Å². The van der Waals surface area contributed by atoms with Crippen molar-refractivity contribution in [2.24, 2.45) is 5.41 Å². The van der Waals surface area contributed by atoms with E-state index < -0.39 is 5.41 Å². The third-order valence-electron chi connectivity index (χ3n) is 7.02. The molecule has 0 aromatic rings. The number of carbonyl (C=O) groups is 2. The molecule has 0 saturated heterocycles. The molecule has 0 unspecified atom stereocenters. The zero-order valence-corrected chi connectivity index (χ0v) is 26.5. The Kier molecular flexibility index (Phi) is 24.2. The zero-order chi connectivity index (χ0) is 29.2. The van der Waals surface area contributed by atoms with Crippen LogP contribution in [0.25, 0.3) is 0 Å². The Morgan fingerprint density at radius 2 is 0.846 bits per heavy atom. The molecule has 0 aliphatic rings. The predicted molar refractivity (Wildman–Crippen MR) is 165 cm³/mol. The topological polar surface area (TPSA) is 59.1 Å². The monoisotopic (exact) mass is 550 g/mol. The fourth-order valence-electron chi connectivity index (χ4n) is 4.26. The molecule has 0 radical (unpaired) electrons. The highest BCUT2D eigenvalue weighted by Crippen LogP contribution is 2.24. The molecule has 0 fully saturated rings. The van der Waals surface area contributed by atoms with E-state index in [0.717, 1.165) is 25.7 Å². The second-order valence-electron chi connectivity index (χ2n) is 11.4. The highest BCUT2D eigenvalue weighted by atomic mass is 16.5. The van der Waals surface area contributed by atoms with Gasteiger partial charge in [-0.3, -0.25) is 9.59 Å². The molecule has 0 N–H and O–H groups in total. The van der Waals surface area contributed by atoms with Crippen LogP contribution in [0.15, 0.2) is 24.3 Å². The summed E-state index contributed by atoms with van der Waals surface area (Å²) in [6, 6.07) is 0. The number of rotatable bonds is 26. The fraction of sp³-hybridized carbons (Fsp3) is 0.818. The molecule has 0 heterocycles. The SMILES string of the molecule is CCCCCCCCCCOCC(C=CC(=O)N(C)C)(C=CC(=O)N(C)C)COCCCCCCCCCC. The molecule has 0 aliphatic heterocycles. The van der Waals surface area contributed by atoms with Crippen LogP contribution in [0.1, 0.15) is 117 Å². The van der Waals surface area contributed by atoms with Gasteiger partial charge in [0.2, 0.25) is 11.8 Å². The molecule has 6 nitrogen and oxygen atoms in total. The first kappa shape index (κ1) is 37.3. The van der Waals surface area contributed by atoms with E-state index in [-0.39, 0.29) is 11.8 Å². The lowest BCUT2D eigenvalue weighted by molar-refractivity contribution is -0.124. The zero-order valence-electron chi connectivity index (χ0n) is 26.5. The minimum atomic E-state index is -0.683. The lowest BCUT2D eigenvalue weighted by Gasteiger charge is -2.28. The first-order chi connectivity index (χ1) is 18.8. The molecule has 228 valence electrons. The van der Waals surface area contributed by atoms with Crippen LogP contribution in [-0.4, -0.2) is 76.2 Å². The van der Waals surface area contributed by atoms with Gasteiger partial charge in [0, 0.05) is 53.6 Å². The van der Waals surface area contributed by atoms with Crippen LogP contribution in [0.3, 0.4) is 0 Å². The quantitative estimate of drug-likeness (QED) is 0.0823. The number of hydrogen-bond acceptors (Lipinski definition) is 4. The van der Waals surface area contributed by atoms with E-state index >= 15 is 0 Å². The summed E-state index contributed by atoms with van der Waals surface area (Å²) in [5.74, 6) is -0.198. The van der Waals surface area contributed by atoms with E-state index in [1.807, 2.05) is 12.2 Å². The van der Waals surface area contributed by atoms with E-state index in [0.29, 0.717) is 26.4 Å². The van der Waals surface area contributed by atoms with Crippen LogP contribution in [-0.2, 0) is 19.1 Å². The van der Waals surface area contributed by atoms with Crippen LogP contribution in [0.4, 0.5) is 0 Å². The Morgan fingerprint density at radius 3 is 1.15 bits per heavy atom. The molecule has 0 spiro atoms. The normalized spacial score (nSPS) is 12.1. The van der Waals surface area contributed by atoms with Gasteiger partial charge >= 0.3 is 0 Å². The molecular weight excluding hydrogens is 488 g/mol. The first-order valence-corrected chi connectivity index (χ1v) is 15.7. The summed E-state index contributed by atoms with van der Waals surface area (Å²) in [4.78, 5) is 27.8. The summed E-state index contributed by atoms with van der Waals surface area (Å²) in [6.07, 6.45) is 26.8. The molecule has 0 atom stereocenters. The van der Waals surface area contributed by atoms with Gasteiger partial charge in [-0.05, 0) is 12.8 Å². The molecule has 0 rings (SSSR count). The smallest absolute Gasteiger partial charge is 0.245 e. The summed E-state index contributed by atoms with van der Waals surface area (Å²) >= 11 is 0. The Morgan fingerprint density at radius 1 is 0.538 bits per heavy atom. The van der Waals surface area contributed by atoms with Gasteiger partial charge in [0.15, 0.2) is 0 Å². The number of unbranched alkanes of at least 4 members (excludes halogenated alkanes) is 14. The molecule has 0 bridgehead atoms.